The molecule has 1 atom stereocenters. The van der Waals surface area contributed by atoms with Gasteiger partial charge in [0.1, 0.15) is 5.03 Å². The van der Waals surface area contributed by atoms with Gasteiger partial charge in [0, 0.05) is 18.1 Å². The zero-order chi connectivity index (χ0) is 17.5. The smallest absolute Gasteiger partial charge is 0.215 e. The summed E-state index contributed by atoms with van der Waals surface area (Å²) in [5, 5.41) is 19.3. The number of para-hydroxylation sites is 1. The summed E-state index contributed by atoms with van der Waals surface area (Å²) < 4.78 is 9.40. The van der Waals surface area contributed by atoms with Gasteiger partial charge in [-0.3, -0.25) is 0 Å². The van der Waals surface area contributed by atoms with E-state index in [1.807, 2.05) is 34.3 Å². The molecule has 1 aliphatic rings. The number of aryl methyl sites for hydroxylation is 1. The number of ether oxygens (including phenoxy) is 1. The van der Waals surface area contributed by atoms with Crippen molar-refractivity contribution in [2.45, 2.75) is 42.6 Å². The minimum absolute atomic E-state index is 0.183. The molecule has 5 rings (SSSR count). The average Bonchev–Trinajstić information content (AvgIpc) is 3.38. The SMILES string of the molecule is Cc1cc2nc(Sc3nnnn3C[C@H]3CCCO3)c3ccccc3n2n1. The Labute approximate surface area is 153 Å². The molecule has 9 heteroatoms. The Morgan fingerprint density at radius 3 is 3.12 bits per heavy atom. The normalized spacial score (nSPS) is 17.5. The minimum atomic E-state index is 0.183. The van der Waals surface area contributed by atoms with Gasteiger partial charge in [-0.25, -0.2) is 14.2 Å². The fourth-order valence-corrected chi connectivity index (χ4v) is 4.16. The molecule has 1 saturated heterocycles. The molecule has 0 unspecified atom stereocenters. The number of tetrazole rings is 1. The molecule has 0 spiro atoms. The third-order valence-corrected chi connectivity index (χ3v) is 5.46. The highest BCUT2D eigenvalue weighted by molar-refractivity contribution is 7.99. The van der Waals surface area contributed by atoms with Crippen molar-refractivity contribution in [2.75, 3.05) is 6.61 Å². The minimum Gasteiger partial charge on any atom is -0.376 e. The van der Waals surface area contributed by atoms with Crippen LogP contribution in [0.5, 0.6) is 0 Å². The van der Waals surface area contributed by atoms with E-state index in [-0.39, 0.29) is 6.10 Å². The molecule has 1 aliphatic heterocycles. The molecule has 8 nitrogen and oxygen atoms in total. The fourth-order valence-electron chi connectivity index (χ4n) is 3.28. The Balaban J connectivity index is 1.56. The van der Waals surface area contributed by atoms with Crippen LogP contribution in [-0.4, -0.2) is 47.5 Å². The van der Waals surface area contributed by atoms with Crippen molar-refractivity contribution < 1.29 is 4.74 Å². The first-order valence-electron chi connectivity index (χ1n) is 8.59. The highest BCUT2D eigenvalue weighted by Crippen LogP contribution is 2.31. The van der Waals surface area contributed by atoms with Gasteiger partial charge in [-0.2, -0.15) is 5.10 Å². The topological polar surface area (TPSA) is 83.0 Å². The Kier molecular flexibility index (Phi) is 3.83. The lowest BCUT2D eigenvalue weighted by Crippen LogP contribution is -2.16. The maximum atomic E-state index is 5.71. The predicted molar refractivity (Wildman–Crippen MR) is 96.1 cm³/mol. The summed E-state index contributed by atoms with van der Waals surface area (Å²) in [5.74, 6) is 0. The summed E-state index contributed by atoms with van der Waals surface area (Å²) in [4.78, 5) is 4.80. The quantitative estimate of drug-likeness (QED) is 0.513. The van der Waals surface area contributed by atoms with Crippen LogP contribution in [0.4, 0.5) is 0 Å². The van der Waals surface area contributed by atoms with E-state index in [4.69, 9.17) is 9.72 Å². The zero-order valence-electron chi connectivity index (χ0n) is 14.2. The van der Waals surface area contributed by atoms with E-state index >= 15 is 0 Å². The van der Waals surface area contributed by atoms with Crippen LogP contribution in [0, 0.1) is 6.92 Å². The Morgan fingerprint density at radius 1 is 1.31 bits per heavy atom. The molecule has 0 saturated carbocycles. The number of benzene rings is 1. The van der Waals surface area contributed by atoms with E-state index in [0.29, 0.717) is 6.54 Å². The lowest BCUT2D eigenvalue weighted by molar-refractivity contribution is 0.0912. The standard InChI is InChI=1S/C17H17N7OS/c1-11-9-15-18-16(13-6-2-3-7-14(13)24(15)20-11)26-17-19-21-22-23(17)10-12-5-4-8-25-12/h2-3,6-7,9,12H,4-5,8,10H2,1H3/t12-/m1/s1. The van der Waals surface area contributed by atoms with E-state index < -0.39 is 0 Å². The molecule has 3 aromatic heterocycles. The molecule has 0 N–H and O–H groups in total. The van der Waals surface area contributed by atoms with Crippen molar-refractivity contribution in [3.8, 4) is 0 Å². The summed E-state index contributed by atoms with van der Waals surface area (Å²) in [7, 11) is 0. The number of rotatable bonds is 4. The Morgan fingerprint density at radius 2 is 2.23 bits per heavy atom. The molecule has 26 heavy (non-hydrogen) atoms. The van der Waals surface area contributed by atoms with Gasteiger partial charge in [-0.05, 0) is 48.0 Å². The van der Waals surface area contributed by atoms with Gasteiger partial charge in [0.2, 0.25) is 5.16 Å². The Bertz CT molecular complexity index is 1080. The van der Waals surface area contributed by atoms with Crippen molar-refractivity contribution >= 4 is 28.3 Å². The average molecular weight is 367 g/mol. The maximum absolute atomic E-state index is 5.71. The van der Waals surface area contributed by atoms with Crippen LogP contribution < -0.4 is 0 Å². The summed E-state index contributed by atoms with van der Waals surface area (Å²) in [5.41, 5.74) is 2.78. The molecule has 0 bridgehead atoms. The molecular formula is C17H17N7OS. The number of nitrogens with zero attached hydrogens (tertiary/aromatic N) is 7. The van der Waals surface area contributed by atoms with Crippen molar-refractivity contribution in [2.24, 2.45) is 0 Å². The number of aromatic nitrogens is 7. The lowest BCUT2D eigenvalue weighted by atomic mass is 10.2. The van der Waals surface area contributed by atoms with Crippen molar-refractivity contribution in [3.05, 3.63) is 36.0 Å². The van der Waals surface area contributed by atoms with Gasteiger partial charge >= 0.3 is 0 Å². The van der Waals surface area contributed by atoms with Gasteiger partial charge in [0.15, 0.2) is 5.65 Å². The van der Waals surface area contributed by atoms with Crippen LogP contribution in [0.15, 0.2) is 40.5 Å². The van der Waals surface area contributed by atoms with Crippen LogP contribution in [-0.2, 0) is 11.3 Å². The van der Waals surface area contributed by atoms with E-state index in [2.05, 4.69) is 32.8 Å². The van der Waals surface area contributed by atoms with Gasteiger partial charge < -0.3 is 4.74 Å². The second-order valence-electron chi connectivity index (χ2n) is 6.37. The summed E-state index contributed by atoms with van der Waals surface area (Å²) >= 11 is 1.48. The maximum Gasteiger partial charge on any atom is 0.215 e. The van der Waals surface area contributed by atoms with Gasteiger partial charge in [-0.1, -0.05) is 18.2 Å². The molecular weight excluding hydrogens is 350 g/mol. The van der Waals surface area contributed by atoms with Gasteiger partial charge in [0.25, 0.3) is 0 Å². The molecule has 0 aliphatic carbocycles. The molecule has 1 fully saturated rings. The second kappa shape index (κ2) is 6.33. The van der Waals surface area contributed by atoms with E-state index in [0.717, 1.165) is 51.9 Å². The van der Waals surface area contributed by atoms with Crippen LogP contribution >= 0.6 is 11.8 Å². The van der Waals surface area contributed by atoms with Crippen LogP contribution in [0.3, 0.4) is 0 Å². The zero-order valence-corrected chi connectivity index (χ0v) is 15.1. The molecule has 4 heterocycles. The first-order chi connectivity index (χ1) is 12.8. The molecule has 0 amide bonds. The largest absolute Gasteiger partial charge is 0.376 e. The molecule has 132 valence electrons. The number of hydrogen-bond acceptors (Lipinski definition) is 7. The molecule has 1 aromatic carbocycles. The summed E-state index contributed by atoms with van der Waals surface area (Å²) in [6.07, 6.45) is 2.33. The number of fused-ring (bicyclic) bond motifs is 3. The van der Waals surface area contributed by atoms with Crippen molar-refractivity contribution in [3.63, 3.8) is 0 Å². The second-order valence-corrected chi connectivity index (χ2v) is 7.33. The highest BCUT2D eigenvalue weighted by atomic mass is 32.2. The lowest BCUT2D eigenvalue weighted by Gasteiger charge is -2.10. The van der Waals surface area contributed by atoms with Crippen molar-refractivity contribution in [1.29, 1.82) is 0 Å². The molecule has 0 radical (unpaired) electrons. The summed E-state index contributed by atoms with van der Waals surface area (Å²) in [6, 6.07) is 10.1. The fraction of sp³-hybridized carbons (Fsp3) is 0.353. The first kappa shape index (κ1) is 15.7. The predicted octanol–water partition coefficient (Wildman–Crippen LogP) is 2.51. The Hall–Kier alpha value is -2.52. The monoisotopic (exact) mass is 367 g/mol. The van der Waals surface area contributed by atoms with Crippen LogP contribution in [0.2, 0.25) is 0 Å². The molecule has 4 aromatic rings. The first-order valence-corrected chi connectivity index (χ1v) is 9.40. The van der Waals surface area contributed by atoms with E-state index in [1.54, 1.807) is 0 Å². The number of hydrogen-bond donors (Lipinski definition) is 0. The van der Waals surface area contributed by atoms with E-state index in [9.17, 15) is 0 Å². The van der Waals surface area contributed by atoms with Crippen LogP contribution in [0.1, 0.15) is 18.5 Å². The van der Waals surface area contributed by atoms with E-state index in [1.165, 1.54) is 11.8 Å². The summed E-state index contributed by atoms with van der Waals surface area (Å²) in [6.45, 7) is 3.46. The van der Waals surface area contributed by atoms with Crippen LogP contribution in [0.25, 0.3) is 16.6 Å². The highest BCUT2D eigenvalue weighted by Gasteiger charge is 2.20. The van der Waals surface area contributed by atoms with Gasteiger partial charge in [-0.15, -0.1) is 5.10 Å². The third-order valence-electron chi connectivity index (χ3n) is 4.48. The van der Waals surface area contributed by atoms with Crippen molar-refractivity contribution in [1.82, 2.24) is 34.8 Å². The van der Waals surface area contributed by atoms with Gasteiger partial charge in [0.05, 0.1) is 23.9 Å². The third kappa shape index (κ3) is 2.73.